The highest BCUT2D eigenvalue weighted by Crippen LogP contribution is 1.99. The van der Waals surface area contributed by atoms with Crippen molar-refractivity contribution in [3.63, 3.8) is 0 Å². The summed E-state index contributed by atoms with van der Waals surface area (Å²) >= 11 is 0. The Hall–Kier alpha value is -1.55. The van der Waals surface area contributed by atoms with E-state index < -0.39 is 0 Å². The predicted molar refractivity (Wildman–Crippen MR) is 85.0 cm³/mol. The first-order chi connectivity index (χ1) is 9.86. The molecular formula is C16H27N3O. The third kappa shape index (κ3) is 7.79. The topological polar surface area (TPSA) is 45.7 Å². The fourth-order valence-corrected chi connectivity index (χ4v) is 1.81. The Morgan fingerprint density at radius 2 is 1.85 bits per heavy atom. The lowest BCUT2D eigenvalue weighted by Crippen LogP contribution is -2.39. The summed E-state index contributed by atoms with van der Waals surface area (Å²) in [6.45, 7) is 5.27. The van der Waals surface area contributed by atoms with Crippen LogP contribution in [0.3, 0.4) is 0 Å². The van der Waals surface area contributed by atoms with Gasteiger partial charge in [-0.3, -0.25) is 4.99 Å². The molecule has 0 saturated heterocycles. The quantitative estimate of drug-likeness (QED) is 0.414. The highest BCUT2D eigenvalue weighted by Gasteiger charge is 1.96. The maximum atomic E-state index is 5.61. The number of aliphatic imine (C=N–C) groups is 1. The minimum atomic E-state index is 0.658. The Labute approximate surface area is 122 Å². The van der Waals surface area contributed by atoms with Crippen molar-refractivity contribution < 1.29 is 4.74 Å². The smallest absolute Gasteiger partial charge is 0.191 e. The first-order valence-corrected chi connectivity index (χ1v) is 7.43. The minimum Gasteiger partial charge on any atom is -0.375 e. The maximum Gasteiger partial charge on any atom is 0.191 e. The number of nitrogens with zero attached hydrogens (tertiary/aromatic N) is 1. The van der Waals surface area contributed by atoms with Gasteiger partial charge in [-0.2, -0.15) is 0 Å². The van der Waals surface area contributed by atoms with Crippen LogP contribution >= 0.6 is 0 Å². The summed E-state index contributed by atoms with van der Waals surface area (Å²) < 4.78 is 5.61. The van der Waals surface area contributed by atoms with E-state index >= 15 is 0 Å². The van der Waals surface area contributed by atoms with E-state index in [2.05, 4.69) is 34.7 Å². The summed E-state index contributed by atoms with van der Waals surface area (Å²) in [7, 11) is 1.79. The van der Waals surface area contributed by atoms with E-state index in [1.807, 2.05) is 18.2 Å². The van der Waals surface area contributed by atoms with Crippen molar-refractivity contribution >= 4 is 5.96 Å². The largest absolute Gasteiger partial charge is 0.375 e. The highest BCUT2D eigenvalue weighted by atomic mass is 16.5. The Balaban J connectivity index is 2.04. The lowest BCUT2D eigenvalue weighted by molar-refractivity contribution is 0.125. The van der Waals surface area contributed by atoms with Crippen molar-refractivity contribution in [2.45, 2.75) is 32.8 Å². The molecule has 0 saturated carbocycles. The van der Waals surface area contributed by atoms with Crippen LogP contribution < -0.4 is 10.6 Å². The molecule has 0 aliphatic heterocycles. The van der Waals surface area contributed by atoms with Gasteiger partial charge in [0.15, 0.2) is 5.96 Å². The molecule has 0 amide bonds. The van der Waals surface area contributed by atoms with Crippen LogP contribution in [0.15, 0.2) is 35.3 Å². The molecule has 1 aromatic carbocycles. The molecule has 0 unspecified atom stereocenters. The second kappa shape index (κ2) is 11.3. The van der Waals surface area contributed by atoms with Crippen molar-refractivity contribution in [3.8, 4) is 0 Å². The predicted octanol–water partition coefficient (Wildman–Crippen LogP) is 2.56. The highest BCUT2D eigenvalue weighted by molar-refractivity contribution is 5.79. The maximum absolute atomic E-state index is 5.61. The Morgan fingerprint density at radius 1 is 1.10 bits per heavy atom. The molecule has 0 bridgehead atoms. The first kappa shape index (κ1) is 16.5. The summed E-state index contributed by atoms with van der Waals surface area (Å²) in [6, 6.07) is 10.2. The monoisotopic (exact) mass is 277 g/mol. The molecule has 0 spiro atoms. The molecule has 0 aliphatic rings. The zero-order valence-corrected chi connectivity index (χ0v) is 12.7. The number of unbranched alkanes of at least 4 members (excludes halogenated alkanes) is 2. The van der Waals surface area contributed by atoms with Crippen molar-refractivity contribution in [2.75, 3.05) is 26.7 Å². The number of nitrogens with one attached hydrogen (secondary N) is 2. The average Bonchev–Trinajstić information content (AvgIpc) is 2.50. The van der Waals surface area contributed by atoms with Crippen LogP contribution in [-0.4, -0.2) is 32.7 Å². The van der Waals surface area contributed by atoms with Crippen LogP contribution in [0, 0.1) is 0 Å². The van der Waals surface area contributed by atoms with Gasteiger partial charge in [-0.25, -0.2) is 0 Å². The third-order valence-corrected chi connectivity index (χ3v) is 2.95. The van der Waals surface area contributed by atoms with Gasteiger partial charge in [0.25, 0.3) is 0 Å². The lowest BCUT2D eigenvalue weighted by atomic mass is 10.2. The number of rotatable bonds is 9. The van der Waals surface area contributed by atoms with Crippen LogP contribution in [-0.2, 0) is 11.3 Å². The zero-order valence-electron chi connectivity index (χ0n) is 12.7. The summed E-state index contributed by atoms with van der Waals surface area (Å²) in [5.41, 5.74) is 1.20. The molecule has 112 valence electrons. The van der Waals surface area contributed by atoms with Gasteiger partial charge in [-0.15, -0.1) is 0 Å². The zero-order chi connectivity index (χ0) is 14.5. The van der Waals surface area contributed by atoms with Gasteiger partial charge in [0.1, 0.15) is 0 Å². The SMILES string of the molecule is CCCCCNC(=NC)NCCOCc1ccccc1. The van der Waals surface area contributed by atoms with Crippen LogP contribution in [0.2, 0.25) is 0 Å². The molecule has 0 radical (unpaired) electrons. The fraction of sp³-hybridized carbons (Fsp3) is 0.562. The summed E-state index contributed by atoms with van der Waals surface area (Å²) in [5, 5.41) is 6.54. The van der Waals surface area contributed by atoms with Gasteiger partial charge in [0.05, 0.1) is 13.2 Å². The first-order valence-electron chi connectivity index (χ1n) is 7.43. The van der Waals surface area contributed by atoms with E-state index in [1.54, 1.807) is 7.05 Å². The summed E-state index contributed by atoms with van der Waals surface area (Å²) in [6.07, 6.45) is 3.67. The van der Waals surface area contributed by atoms with E-state index in [-0.39, 0.29) is 0 Å². The molecule has 4 heteroatoms. The number of guanidine groups is 1. The second-order valence-electron chi connectivity index (χ2n) is 4.67. The second-order valence-corrected chi connectivity index (χ2v) is 4.67. The van der Waals surface area contributed by atoms with Gasteiger partial charge in [-0.1, -0.05) is 50.1 Å². The lowest BCUT2D eigenvalue weighted by Gasteiger charge is -2.11. The molecule has 1 aromatic rings. The van der Waals surface area contributed by atoms with Crippen molar-refractivity contribution in [2.24, 2.45) is 4.99 Å². The Kier molecular flexibility index (Phi) is 9.32. The third-order valence-electron chi connectivity index (χ3n) is 2.95. The number of ether oxygens (including phenoxy) is 1. The molecule has 4 nitrogen and oxygen atoms in total. The summed E-state index contributed by atoms with van der Waals surface area (Å²) in [4.78, 5) is 4.18. The van der Waals surface area contributed by atoms with E-state index in [9.17, 15) is 0 Å². The van der Waals surface area contributed by atoms with Crippen molar-refractivity contribution in [1.82, 2.24) is 10.6 Å². The van der Waals surface area contributed by atoms with E-state index in [0.717, 1.165) is 19.0 Å². The minimum absolute atomic E-state index is 0.658. The Bertz CT molecular complexity index is 365. The number of hydrogen-bond acceptors (Lipinski definition) is 2. The number of benzene rings is 1. The van der Waals surface area contributed by atoms with Crippen LogP contribution in [0.5, 0.6) is 0 Å². The van der Waals surface area contributed by atoms with Gasteiger partial charge >= 0.3 is 0 Å². The standard InChI is InChI=1S/C16H27N3O/c1-3-4-8-11-18-16(17-2)19-12-13-20-14-15-9-6-5-7-10-15/h5-7,9-10H,3-4,8,11-14H2,1-2H3,(H2,17,18,19). The summed E-state index contributed by atoms with van der Waals surface area (Å²) in [5.74, 6) is 0.851. The van der Waals surface area contributed by atoms with Crippen LogP contribution in [0.4, 0.5) is 0 Å². The van der Waals surface area contributed by atoms with Gasteiger partial charge in [0, 0.05) is 20.1 Å². The molecule has 2 N–H and O–H groups in total. The van der Waals surface area contributed by atoms with Gasteiger partial charge < -0.3 is 15.4 Å². The molecule has 0 aromatic heterocycles. The van der Waals surface area contributed by atoms with Crippen molar-refractivity contribution in [3.05, 3.63) is 35.9 Å². The average molecular weight is 277 g/mol. The van der Waals surface area contributed by atoms with Gasteiger partial charge in [0.2, 0.25) is 0 Å². The van der Waals surface area contributed by atoms with E-state index in [4.69, 9.17) is 4.74 Å². The fourth-order valence-electron chi connectivity index (χ4n) is 1.81. The molecule has 1 rings (SSSR count). The van der Waals surface area contributed by atoms with E-state index in [1.165, 1.54) is 24.8 Å². The Morgan fingerprint density at radius 3 is 2.55 bits per heavy atom. The van der Waals surface area contributed by atoms with E-state index in [0.29, 0.717) is 13.2 Å². The normalized spacial score (nSPS) is 11.4. The van der Waals surface area contributed by atoms with Crippen LogP contribution in [0.25, 0.3) is 0 Å². The molecule has 0 atom stereocenters. The van der Waals surface area contributed by atoms with Gasteiger partial charge in [-0.05, 0) is 12.0 Å². The van der Waals surface area contributed by atoms with Crippen molar-refractivity contribution in [1.29, 1.82) is 0 Å². The molecule has 0 fully saturated rings. The molecule has 0 heterocycles. The molecule has 0 aliphatic carbocycles. The van der Waals surface area contributed by atoms with Crippen LogP contribution in [0.1, 0.15) is 31.7 Å². The molecular weight excluding hydrogens is 250 g/mol. The number of hydrogen-bond donors (Lipinski definition) is 2. The molecule has 20 heavy (non-hydrogen) atoms.